The second kappa shape index (κ2) is 6.39. The van der Waals surface area contributed by atoms with Gasteiger partial charge in [0.25, 0.3) is 0 Å². The van der Waals surface area contributed by atoms with Gasteiger partial charge in [0.1, 0.15) is 6.04 Å². The fraction of sp³-hybridized carbons (Fsp3) is 0.462. The van der Waals surface area contributed by atoms with Crippen LogP contribution < -0.4 is 0 Å². The van der Waals surface area contributed by atoms with Crippen molar-refractivity contribution < 1.29 is 27.0 Å². The molecule has 1 N–H and O–H groups in total. The molecule has 1 aliphatic heterocycles. The smallest absolute Gasteiger partial charge is 0.326 e. The zero-order valence-corrected chi connectivity index (χ0v) is 12.4. The molecule has 1 saturated heterocycles. The monoisotopic (exact) mass is 330 g/mol. The molecule has 0 spiro atoms. The van der Waals surface area contributed by atoms with Crippen LogP contribution in [0.1, 0.15) is 12.1 Å². The van der Waals surface area contributed by atoms with Crippen LogP contribution in [0, 0.1) is 5.92 Å². The van der Waals surface area contributed by atoms with Crippen molar-refractivity contribution in [1.82, 2.24) is 9.88 Å². The van der Waals surface area contributed by atoms with Gasteiger partial charge in [0.15, 0.2) is 0 Å². The van der Waals surface area contributed by atoms with E-state index in [1.54, 1.807) is 18.2 Å². The predicted molar refractivity (Wildman–Crippen MR) is 74.1 cm³/mol. The average Bonchev–Trinajstić information content (AvgIpc) is 2.75. The Morgan fingerprint density at radius 2 is 2.23 bits per heavy atom. The van der Waals surface area contributed by atoms with E-state index in [4.69, 9.17) is 0 Å². The summed E-state index contributed by atoms with van der Waals surface area (Å²) in [7, 11) is -4.70. The molecule has 0 aliphatic carbocycles. The van der Waals surface area contributed by atoms with Crippen molar-refractivity contribution in [3.63, 3.8) is 0 Å². The molecular weight excluding hydrogens is 315 g/mol. The van der Waals surface area contributed by atoms with Gasteiger partial charge in [-0.15, -0.1) is 3.89 Å². The van der Waals surface area contributed by atoms with Crippen molar-refractivity contribution in [1.29, 1.82) is 0 Å². The van der Waals surface area contributed by atoms with Gasteiger partial charge in [-0.2, -0.15) is 8.42 Å². The molecule has 0 saturated carbocycles. The summed E-state index contributed by atoms with van der Waals surface area (Å²) < 4.78 is 34.1. The molecule has 1 aromatic heterocycles. The van der Waals surface area contributed by atoms with Gasteiger partial charge in [-0.05, 0) is 12.1 Å². The number of aliphatic carboxylic acids is 1. The van der Waals surface area contributed by atoms with E-state index < -0.39 is 39.8 Å². The number of rotatable bonds is 6. The van der Waals surface area contributed by atoms with E-state index in [1.807, 2.05) is 0 Å². The van der Waals surface area contributed by atoms with Gasteiger partial charge in [-0.25, -0.2) is 4.79 Å². The molecule has 0 bridgehead atoms. The van der Waals surface area contributed by atoms with E-state index >= 15 is 0 Å². The topological polar surface area (TPSA) is 105 Å². The first-order valence-corrected chi connectivity index (χ1v) is 8.16. The van der Waals surface area contributed by atoms with Gasteiger partial charge < -0.3 is 10.0 Å². The molecule has 120 valence electrons. The second-order valence-electron chi connectivity index (χ2n) is 5.20. The molecule has 1 unspecified atom stereocenters. The summed E-state index contributed by atoms with van der Waals surface area (Å²) in [5, 5.41) is 9.32. The lowest BCUT2D eigenvalue weighted by Crippen LogP contribution is -2.44. The Kier molecular flexibility index (Phi) is 4.74. The third-order valence-electron chi connectivity index (χ3n) is 3.46. The van der Waals surface area contributed by atoms with Crippen LogP contribution in [0.5, 0.6) is 0 Å². The highest BCUT2D eigenvalue weighted by Crippen LogP contribution is 2.23. The number of aromatic nitrogens is 1. The lowest BCUT2D eigenvalue weighted by molar-refractivity contribution is -0.148. The van der Waals surface area contributed by atoms with E-state index in [2.05, 4.69) is 4.98 Å². The number of hydrogen-bond acceptors (Lipinski definition) is 5. The molecule has 7 nitrogen and oxygen atoms in total. The summed E-state index contributed by atoms with van der Waals surface area (Å²) in [6.07, 6.45) is 1.35. The average molecular weight is 330 g/mol. The zero-order chi connectivity index (χ0) is 16.3. The maximum absolute atomic E-state index is 12.7. The maximum Gasteiger partial charge on any atom is 0.326 e. The number of carboxylic acid groups (broad SMARTS) is 1. The highest BCUT2D eigenvalue weighted by atomic mass is 32.3. The van der Waals surface area contributed by atoms with Crippen LogP contribution in [0.3, 0.4) is 0 Å². The number of likely N-dealkylation sites (tertiary alicyclic amines) is 1. The number of carbonyl (C=O) groups excluding carboxylic acids is 1. The molecule has 2 rings (SSSR count). The van der Waals surface area contributed by atoms with E-state index in [0.717, 1.165) is 4.90 Å². The van der Waals surface area contributed by atoms with Gasteiger partial charge in [-0.3, -0.25) is 9.78 Å². The van der Waals surface area contributed by atoms with Crippen molar-refractivity contribution in [2.24, 2.45) is 5.92 Å². The molecule has 2 atom stereocenters. The van der Waals surface area contributed by atoms with Gasteiger partial charge in [0.2, 0.25) is 5.91 Å². The Morgan fingerprint density at radius 1 is 1.50 bits per heavy atom. The van der Waals surface area contributed by atoms with Gasteiger partial charge in [-0.1, -0.05) is 6.07 Å². The molecule has 1 aliphatic rings. The van der Waals surface area contributed by atoms with Crippen LogP contribution in [-0.2, 0) is 26.2 Å². The number of nitrogens with zero attached hydrogens (tertiary/aromatic N) is 2. The quantitative estimate of drug-likeness (QED) is 0.749. The summed E-state index contributed by atoms with van der Waals surface area (Å²) in [6.45, 7) is -0.0915. The Labute approximate surface area is 127 Å². The van der Waals surface area contributed by atoms with E-state index in [9.17, 15) is 27.0 Å². The fourth-order valence-electron chi connectivity index (χ4n) is 2.55. The standard InChI is InChI=1S/C13H15FN2O5S/c14-22(20,21)8-9-5-12(17)16(7-9)11(13(18)19)6-10-3-1-2-4-15-10/h1-4,9,11H,5-8H2,(H,18,19)/t9?,11-/m0/s1. The number of carbonyl (C=O) groups is 2. The molecular formula is C13H15FN2O5S. The highest BCUT2D eigenvalue weighted by Gasteiger charge is 2.39. The molecule has 1 fully saturated rings. The molecule has 0 radical (unpaired) electrons. The summed E-state index contributed by atoms with van der Waals surface area (Å²) in [5.74, 6) is -3.20. The lowest BCUT2D eigenvalue weighted by Gasteiger charge is -2.24. The maximum atomic E-state index is 12.7. The van der Waals surface area contributed by atoms with Crippen LogP contribution in [0.2, 0.25) is 0 Å². The first-order valence-electron chi connectivity index (χ1n) is 6.61. The minimum absolute atomic E-state index is 0.0109. The van der Waals surface area contributed by atoms with Gasteiger partial charge in [0.05, 0.1) is 5.75 Å². The van der Waals surface area contributed by atoms with Crippen LogP contribution in [-0.4, -0.2) is 53.6 Å². The Morgan fingerprint density at radius 3 is 2.77 bits per heavy atom. The normalized spacial score (nSPS) is 20.1. The van der Waals surface area contributed by atoms with Crippen molar-refractivity contribution >= 4 is 22.1 Å². The van der Waals surface area contributed by atoms with Crippen LogP contribution >= 0.6 is 0 Å². The van der Waals surface area contributed by atoms with Crippen LogP contribution in [0.25, 0.3) is 0 Å². The van der Waals surface area contributed by atoms with Crippen LogP contribution in [0.4, 0.5) is 3.89 Å². The van der Waals surface area contributed by atoms with Crippen molar-refractivity contribution in [2.45, 2.75) is 18.9 Å². The third-order valence-corrected chi connectivity index (χ3v) is 4.33. The molecule has 2 heterocycles. The summed E-state index contributed by atoms with van der Waals surface area (Å²) in [4.78, 5) is 28.5. The molecule has 9 heteroatoms. The fourth-order valence-corrected chi connectivity index (χ4v) is 3.34. The summed E-state index contributed by atoms with van der Waals surface area (Å²) in [5.41, 5.74) is 0.504. The lowest BCUT2D eigenvalue weighted by atomic mass is 10.1. The molecule has 1 aromatic rings. The molecule has 22 heavy (non-hydrogen) atoms. The highest BCUT2D eigenvalue weighted by molar-refractivity contribution is 7.86. The van der Waals surface area contributed by atoms with Crippen molar-refractivity contribution in [3.05, 3.63) is 30.1 Å². The van der Waals surface area contributed by atoms with Crippen molar-refractivity contribution in [3.8, 4) is 0 Å². The number of pyridine rings is 1. The third kappa shape index (κ3) is 4.23. The van der Waals surface area contributed by atoms with Gasteiger partial charge >= 0.3 is 16.2 Å². The minimum atomic E-state index is -4.70. The Hall–Kier alpha value is -2.03. The zero-order valence-electron chi connectivity index (χ0n) is 11.6. The predicted octanol–water partition coefficient (Wildman–Crippen LogP) is 0.225. The second-order valence-corrected chi connectivity index (χ2v) is 6.61. The number of carboxylic acids is 1. The minimum Gasteiger partial charge on any atom is -0.480 e. The van der Waals surface area contributed by atoms with E-state index in [1.165, 1.54) is 6.20 Å². The Bertz CT molecular complexity index is 664. The first kappa shape index (κ1) is 16.3. The number of amides is 1. The summed E-state index contributed by atoms with van der Waals surface area (Å²) in [6, 6.07) is 3.88. The Balaban J connectivity index is 2.12. The van der Waals surface area contributed by atoms with Gasteiger partial charge in [0, 0.05) is 37.2 Å². The van der Waals surface area contributed by atoms with E-state index in [0.29, 0.717) is 5.69 Å². The van der Waals surface area contributed by atoms with Crippen LogP contribution in [0.15, 0.2) is 24.4 Å². The molecule has 0 aromatic carbocycles. The molecule has 1 amide bonds. The number of halogens is 1. The van der Waals surface area contributed by atoms with E-state index in [-0.39, 0.29) is 19.4 Å². The van der Waals surface area contributed by atoms with Crippen molar-refractivity contribution in [2.75, 3.05) is 12.3 Å². The summed E-state index contributed by atoms with van der Waals surface area (Å²) >= 11 is 0. The first-order chi connectivity index (χ1) is 10.3. The number of hydrogen-bond donors (Lipinski definition) is 1. The largest absolute Gasteiger partial charge is 0.480 e. The SMILES string of the molecule is O=C(O)[C@H](Cc1ccccn1)N1CC(CS(=O)(=O)F)CC1=O.